The van der Waals surface area contributed by atoms with Crippen LogP contribution in [0.4, 0.5) is 0 Å². The Morgan fingerprint density at radius 1 is 1.56 bits per heavy atom. The standard InChI is InChI=1S/C12H23N3O/c1-5-12(3,9-16)8-13-6-11-7-15(4)14-10(11)2/h7,13,16H,5-6,8-9H2,1-4H3. The van der Waals surface area contributed by atoms with Crippen LogP contribution in [0.25, 0.3) is 0 Å². The van der Waals surface area contributed by atoms with Gasteiger partial charge < -0.3 is 10.4 Å². The van der Waals surface area contributed by atoms with Crippen LogP contribution in [0.1, 0.15) is 31.5 Å². The van der Waals surface area contributed by atoms with E-state index in [0.717, 1.165) is 25.2 Å². The first kappa shape index (κ1) is 13.2. The second kappa shape index (κ2) is 5.46. The fraction of sp³-hybridized carbons (Fsp3) is 0.750. The van der Waals surface area contributed by atoms with Crippen LogP contribution in [-0.2, 0) is 13.6 Å². The monoisotopic (exact) mass is 225 g/mol. The Morgan fingerprint density at radius 3 is 2.69 bits per heavy atom. The lowest BCUT2D eigenvalue weighted by molar-refractivity contribution is 0.135. The van der Waals surface area contributed by atoms with E-state index in [1.54, 1.807) is 0 Å². The van der Waals surface area contributed by atoms with E-state index in [1.807, 2.05) is 24.9 Å². The van der Waals surface area contributed by atoms with E-state index in [0.29, 0.717) is 0 Å². The third kappa shape index (κ3) is 3.32. The minimum atomic E-state index is -0.0177. The van der Waals surface area contributed by atoms with Crippen molar-refractivity contribution in [2.45, 2.75) is 33.7 Å². The molecule has 0 aliphatic rings. The van der Waals surface area contributed by atoms with Crippen molar-refractivity contribution in [3.63, 3.8) is 0 Å². The molecule has 1 aromatic heterocycles. The first-order valence-corrected chi connectivity index (χ1v) is 5.81. The molecule has 0 saturated carbocycles. The van der Waals surface area contributed by atoms with Crippen molar-refractivity contribution in [1.29, 1.82) is 0 Å². The van der Waals surface area contributed by atoms with E-state index in [4.69, 9.17) is 0 Å². The van der Waals surface area contributed by atoms with Gasteiger partial charge in [-0.15, -0.1) is 0 Å². The SMILES string of the molecule is CCC(C)(CO)CNCc1cn(C)nc1C. The van der Waals surface area contributed by atoms with Crippen molar-refractivity contribution < 1.29 is 5.11 Å². The maximum Gasteiger partial charge on any atom is 0.0638 e. The Kier molecular flexibility index (Phi) is 4.50. The summed E-state index contributed by atoms with van der Waals surface area (Å²) in [5, 5.41) is 17.0. The number of hydrogen-bond acceptors (Lipinski definition) is 3. The smallest absolute Gasteiger partial charge is 0.0638 e. The summed E-state index contributed by atoms with van der Waals surface area (Å²) in [6.45, 7) is 8.08. The van der Waals surface area contributed by atoms with E-state index in [2.05, 4.69) is 24.3 Å². The van der Waals surface area contributed by atoms with Crippen LogP contribution in [0.15, 0.2) is 6.20 Å². The predicted molar refractivity (Wildman–Crippen MR) is 65.1 cm³/mol. The largest absolute Gasteiger partial charge is 0.396 e. The van der Waals surface area contributed by atoms with Crippen molar-refractivity contribution >= 4 is 0 Å². The van der Waals surface area contributed by atoms with Crippen LogP contribution in [-0.4, -0.2) is 28.0 Å². The molecule has 0 aliphatic heterocycles. The fourth-order valence-corrected chi connectivity index (χ4v) is 1.61. The lowest BCUT2D eigenvalue weighted by Crippen LogP contribution is -2.34. The van der Waals surface area contributed by atoms with E-state index in [-0.39, 0.29) is 12.0 Å². The molecule has 1 unspecified atom stereocenters. The van der Waals surface area contributed by atoms with E-state index >= 15 is 0 Å². The zero-order valence-electron chi connectivity index (χ0n) is 10.7. The highest BCUT2D eigenvalue weighted by Crippen LogP contribution is 2.18. The molecular weight excluding hydrogens is 202 g/mol. The summed E-state index contributed by atoms with van der Waals surface area (Å²) in [6.07, 6.45) is 3.01. The number of rotatable bonds is 6. The number of hydrogen-bond donors (Lipinski definition) is 2. The van der Waals surface area contributed by atoms with Crippen LogP contribution in [0.5, 0.6) is 0 Å². The summed E-state index contributed by atoms with van der Waals surface area (Å²) in [5.41, 5.74) is 2.27. The number of aryl methyl sites for hydroxylation is 2. The molecule has 0 aromatic carbocycles. The first-order chi connectivity index (χ1) is 7.50. The second-order valence-electron chi connectivity index (χ2n) is 4.84. The molecule has 0 aliphatic carbocycles. The number of aliphatic hydroxyl groups excluding tert-OH is 1. The van der Waals surface area contributed by atoms with Gasteiger partial charge in [0.15, 0.2) is 0 Å². The fourth-order valence-electron chi connectivity index (χ4n) is 1.61. The quantitative estimate of drug-likeness (QED) is 0.765. The van der Waals surface area contributed by atoms with Gasteiger partial charge in [0.2, 0.25) is 0 Å². The topological polar surface area (TPSA) is 50.1 Å². The van der Waals surface area contributed by atoms with Crippen LogP contribution >= 0.6 is 0 Å². The Labute approximate surface area is 97.7 Å². The Hall–Kier alpha value is -0.870. The highest BCUT2D eigenvalue weighted by atomic mass is 16.3. The lowest BCUT2D eigenvalue weighted by atomic mass is 9.88. The lowest BCUT2D eigenvalue weighted by Gasteiger charge is -2.25. The van der Waals surface area contributed by atoms with E-state index < -0.39 is 0 Å². The first-order valence-electron chi connectivity index (χ1n) is 5.81. The summed E-state index contributed by atoms with van der Waals surface area (Å²) in [7, 11) is 1.93. The van der Waals surface area contributed by atoms with Gasteiger partial charge in [0.05, 0.1) is 5.69 Å². The Balaban J connectivity index is 2.44. The molecule has 1 heterocycles. The Bertz CT molecular complexity index is 329. The molecule has 0 radical (unpaired) electrons. The molecule has 1 rings (SSSR count). The van der Waals surface area contributed by atoms with Crippen molar-refractivity contribution in [2.24, 2.45) is 12.5 Å². The van der Waals surface area contributed by atoms with Crippen molar-refractivity contribution in [2.75, 3.05) is 13.2 Å². The molecule has 92 valence electrons. The molecular formula is C12H23N3O. The van der Waals surface area contributed by atoms with Gasteiger partial charge in [0.25, 0.3) is 0 Å². The van der Waals surface area contributed by atoms with Crippen LogP contribution in [0.3, 0.4) is 0 Å². The van der Waals surface area contributed by atoms with Gasteiger partial charge in [-0.2, -0.15) is 5.10 Å². The molecule has 0 fully saturated rings. The molecule has 0 spiro atoms. The molecule has 16 heavy (non-hydrogen) atoms. The second-order valence-corrected chi connectivity index (χ2v) is 4.84. The number of aliphatic hydroxyl groups is 1. The molecule has 0 bridgehead atoms. The van der Waals surface area contributed by atoms with E-state index in [1.165, 1.54) is 5.56 Å². The third-order valence-corrected chi connectivity index (χ3v) is 3.22. The summed E-state index contributed by atoms with van der Waals surface area (Å²) >= 11 is 0. The molecule has 0 amide bonds. The van der Waals surface area contributed by atoms with Crippen molar-refractivity contribution in [3.05, 3.63) is 17.5 Å². The van der Waals surface area contributed by atoms with Gasteiger partial charge >= 0.3 is 0 Å². The van der Waals surface area contributed by atoms with Gasteiger partial charge in [0, 0.05) is 43.9 Å². The number of nitrogens with one attached hydrogen (secondary N) is 1. The summed E-state index contributed by atoms with van der Waals surface area (Å²) in [6, 6.07) is 0. The zero-order valence-corrected chi connectivity index (χ0v) is 10.7. The van der Waals surface area contributed by atoms with Gasteiger partial charge in [-0.25, -0.2) is 0 Å². The minimum absolute atomic E-state index is 0.0177. The molecule has 2 N–H and O–H groups in total. The average Bonchev–Trinajstić information content (AvgIpc) is 2.57. The molecule has 4 heteroatoms. The molecule has 4 nitrogen and oxygen atoms in total. The average molecular weight is 225 g/mol. The minimum Gasteiger partial charge on any atom is -0.396 e. The normalized spacial score (nSPS) is 15.1. The van der Waals surface area contributed by atoms with Gasteiger partial charge in [-0.05, 0) is 13.3 Å². The summed E-state index contributed by atoms with van der Waals surface area (Å²) < 4.78 is 1.83. The summed E-state index contributed by atoms with van der Waals surface area (Å²) in [4.78, 5) is 0. The molecule has 1 aromatic rings. The van der Waals surface area contributed by atoms with E-state index in [9.17, 15) is 5.11 Å². The van der Waals surface area contributed by atoms with Crippen molar-refractivity contribution in [3.8, 4) is 0 Å². The molecule has 1 atom stereocenters. The third-order valence-electron chi connectivity index (χ3n) is 3.22. The van der Waals surface area contributed by atoms with Crippen molar-refractivity contribution in [1.82, 2.24) is 15.1 Å². The van der Waals surface area contributed by atoms with Gasteiger partial charge in [-0.1, -0.05) is 13.8 Å². The Morgan fingerprint density at radius 2 is 2.25 bits per heavy atom. The number of nitrogens with zero attached hydrogens (tertiary/aromatic N) is 2. The maximum atomic E-state index is 9.28. The van der Waals surface area contributed by atoms with Crippen LogP contribution in [0, 0.1) is 12.3 Å². The summed E-state index contributed by atoms with van der Waals surface area (Å²) in [5.74, 6) is 0. The molecule has 0 saturated heterocycles. The van der Waals surface area contributed by atoms with Gasteiger partial charge in [-0.3, -0.25) is 4.68 Å². The van der Waals surface area contributed by atoms with Gasteiger partial charge in [0.1, 0.15) is 0 Å². The zero-order chi connectivity index (χ0) is 12.2. The van der Waals surface area contributed by atoms with Crippen LogP contribution in [0.2, 0.25) is 0 Å². The number of aromatic nitrogens is 2. The predicted octanol–water partition coefficient (Wildman–Crippen LogP) is 1.23. The highest BCUT2D eigenvalue weighted by molar-refractivity contribution is 5.14. The van der Waals surface area contributed by atoms with Crippen LogP contribution < -0.4 is 5.32 Å². The maximum absolute atomic E-state index is 9.28. The highest BCUT2D eigenvalue weighted by Gasteiger charge is 2.20.